The van der Waals surface area contributed by atoms with E-state index in [4.69, 9.17) is 0 Å². The van der Waals surface area contributed by atoms with Crippen LogP contribution in [0, 0.1) is 0 Å². The molecule has 0 aromatic heterocycles. The van der Waals surface area contributed by atoms with E-state index >= 15 is 0 Å². The Bertz CT molecular complexity index is 75.8. The normalized spacial score (nSPS) is 25.1. The molecule has 0 atom stereocenters. The Kier molecular flexibility index (Phi) is 2.36. The van der Waals surface area contributed by atoms with Crippen LogP contribution in [0.3, 0.4) is 0 Å². The Hall–Kier alpha value is 0.669. The predicted molar refractivity (Wildman–Crippen MR) is 33.2 cm³/mol. The van der Waals surface area contributed by atoms with E-state index in [9.17, 15) is 4.21 Å². The van der Waals surface area contributed by atoms with Crippen molar-refractivity contribution >= 4 is 25.8 Å². The molecule has 42 valence electrons. The Morgan fingerprint density at radius 2 is 1.86 bits per heavy atom. The van der Waals surface area contributed by atoms with Crippen molar-refractivity contribution in [3.63, 3.8) is 0 Å². The summed E-state index contributed by atoms with van der Waals surface area (Å²) in [6.45, 7) is 0. The quantitative estimate of drug-likeness (QED) is 0.493. The standard InChI is InChI=1S/C4H8OSSe/c5-6-1-3-7-4-2-6/h1-4H2. The van der Waals surface area contributed by atoms with Crippen LogP contribution in [0.15, 0.2) is 0 Å². The van der Waals surface area contributed by atoms with Crippen molar-refractivity contribution < 1.29 is 4.21 Å². The third-order valence-corrected chi connectivity index (χ3v) is 5.46. The summed E-state index contributed by atoms with van der Waals surface area (Å²) in [6.07, 6.45) is 0. The summed E-state index contributed by atoms with van der Waals surface area (Å²) in [7, 11) is -0.425. The summed E-state index contributed by atoms with van der Waals surface area (Å²) < 4.78 is 10.6. The number of hydrogen-bond acceptors (Lipinski definition) is 1. The molecule has 0 aromatic rings. The van der Waals surface area contributed by atoms with Gasteiger partial charge in [-0.1, -0.05) is 0 Å². The van der Waals surface area contributed by atoms with Gasteiger partial charge in [0, 0.05) is 0 Å². The maximum absolute atomic E-state index is 10.6. The summed E-state index contributed by atoms with van der Waals surface area (Å²) in [5.74, 6) is 1.97. The SMILES string of the molecule is O=S1CC[Se]CC1. The van der Waals surface area contributed by atoms with Gasteiger partial charge in [0.05, 0.1) is 0 Å². The average Bonchev–Trinajstić information content (AvgIpc) is 1.69. The van der Waals surface area contributed by atoms with Crippen molar-refractivity contribution in [1.82, 2.24) is 0 Å². The second kappa shape index (κ2) is 2.85. The number of hydrogen-bond donors (Lipinski definition) is 0. The fraction of sp³-hybridized carbons (Fsp3) is 1.00. The topological polar surface area (TPSA) is 17.1 Å². The minimum atomic E-state index is -0.425. The zero-order valence-corrected chi connectivity index (χ0v) is 6.58. The van der Waals surface area contributed by atoms with Crippen molar-refractivity contribution in [2.75, 3.05) is 11.5 Å². The fourth-order valence-corrected chi connectivity index (χ4v) is 5.57. The molecule has 7 heavy (non-hydrogen) atoms. The molecule has 0 unspecified atom stereocenters. The summed E-state index contributed by atoms with van der Waals surface area (Å²) in [5, 5.41) is 2.50. The van der Waals surface area contributed by atoms with Gasteiger partial charge in [-0.05, 0) is 0 Å². The maximum atomic E-state index is 10.6. The first-order chi connectivity index (χ1) is 3.39. The van der Waals surface area contributed by atoms with E-state index in [0.717, 1.165) is 26.5 Å². The molecule has 0 aliphatic carbocycles. The Balaban J connectivity index is 2.25. The summed E-state index contributed by atoms with van der Waals surface area (Å²) in [5.41, 5.74) is 0. The molecule has 1 saturated heterocycles. The van der Waals surface area contributed by atoms with Gasteiger partial charge in [0.15, 0.2) is 0 Å². The van der Waals surface area contributed by atoms with E-state index in [1.165, 1.54) is 10.6 Å². The molecule has 0 amide bonds. The Labute approximate surface area is 52.5 Å². The first kappa shape index (κ1) is 5.80. The summed E-state index contributed by atoms with van der Waals surface area (Å²) in [4.78, 5) is 0. The Morgan fingerprint density at radius 3 is 2.14 bits per heavy atom. The zero-order valence-electron chi connectivity index (χ0n) is 4.05. The van der Waals surface area contributed by atoms with Crippen LogP contribution in [-0.2, 0) is 10.8 Å². The van der Waals surface area contributed by atoms with Crippen LogP contribution in [0.5, 0.6) is 0 Å². The second-order valence-corrected chi connectivity index (χ2v) is 5.73. The van der Waals surface area contributed by atoms with Crippen molar-refractivity contribution in [3.8, 4) is 0 Å². The molecule has 1 fully saturated rings. The van der Waals surface area contributed by atoms with E-state index in [-0.39, 0.29) is 0 Å². The van der Waals surface area contributed by atoms with E-state index < -0.39 is 10.8 Å². The average molecular weight is 183 g/mol. The molecule has 0 N–H and O–H groups in total. The van der Waals surface area contributed by atoms with Gasteiger partial charge in [-0.2, -0.15) is 0 Å². The van der Waals surface area contributed by atoms with Crippen molar-refractivity contribution in [2.45, 2.75) is 10.6 Å². The van der Waals surface area contributed by atoms with Gasteiger partial charge < -0.3 is 0 Å². The van der Waals surface area contributed by atoms with Crippen LogP contribution in [0.1, 0.15) is 0 Å². The van der Waals surface area contributed by atoms with Crippen molar-refractivity contribution in [2.24, 2.45) is 0 Å². The molecule has 0 bridgehead atoms. The van der Waals surface area contributed by atoms with Gasteiger partial charge in [0.1, 0.15) is 0 Å². The third-order valence-electron chi connectivity index (χ3n) is 0.911. The predicted octanol–water partition coefficient (Wildman–Crippen LogP) is 0.289. The minimum absolute atomic E-state index is 0.425. The first-order valence-electron chi connectivity index (χ1n) is 2.32. The summed E-state index contributed by atoms with van der Waals surface area (Å²) >= 11 is 0.841. The molecule has 1 aliphatic rings. The molecular formula is C4H8OSSe. The van der Waals surface area contributed by atoms with Crippen LogP contribution in [-0.4, -0.2) is 30.7 Å². The van der Waals surface area contributed by atoms with E-state index in [0.29, 0.717) is 0 Å². The Morgan fingerprint density at radius 1 is 1.29 bits per heavy atom. The van der Waals surface area contributed by atoms with Gasteiger partial charge >= 0.3 is 52.1 Å². The molecule has 1 heterocycles. The number of rotatable bonds is 0. The molecule has 0 radical (unpaired) electrons. The van der Waals surface area contributed by atoms with Crippen LogP contribution in [0.2, 0.25) is 10.6 Å². The van der Waals surface area contributed by atoms with E-state index in [2.05, 4.69) is 0 Å². The zero-order chi connectivity index (χ0) is 5.11. The van der Waals surface area contributed by atoms with E-state index in [1.54, 1.807) is 0 Å². The van der Waals surface area contributed by atoms with Gasteiger partial charge in [-0.25, -0.2) is 0 Å². The fourth-order valence-electron chi connectivity index (χ4n) is 0.508. The van der Waals surface area contributed by atoms with Gasteiger partial charge in [-0.3, -0.25) is 0 Å². The molecular weight excluding hydrogens is 175 g/mol. The van der Waals surface area contributed by atoms with E-state index in [1.807, 2.05) is 0 Å². The molecule has 1 rings (SSSR count). The van der Waals surface area contributed by atoms with Crippen molar-refractivity contribution in [1.29, 1.82) is 0 Å². The molecule has 1 nitrogen and oxygen atoms in total. The molecule has 0 saturated carbocycles. The van der Waals surface area contributed by atoms with Crippen LogP contribution in [0.25, 0.3) is 0 Å². The third kappa shape index (κ3) is 1.93. The van der Waals surface area contributed by atoms with Crippen LogP contribution in [0.4, 0.5) is 0 Å². The van der Waals surface area contributed by atoms with Crippen LogP contribution < -0.4 is 0 Å². The van der Waals surface area contributed by atoms with Gasteiger partial charge in [0.2, 0.25) is 0 Å². The second-order valence-electron chi connectivity index (χ2n) is 1.46. The molecule has 0 aromatic carbocycles. The molecule has 1 aliphatic heterocycles. The van der Waals surface area contributed by atoms with Gasteiger partial charge in [-0.15, -0.1) is 0 Å². The summed E-state index contributed by atoms with van der Waals surface area (Å²) in [6, 6.07) is 0. The monoisotopic (exact) mass is 184 g/mol. The van der Waals surface area contributed by atoms with Crippen LogP contribution >= 0.6 is 0 Å². The molecule has 0 spiro atoms. The van der Waals surface area contributed by atoms with Crippen molar-refractivity contribution in [3.05, 3.63) is 0 Å². The van der Waals surface area contributed by atoms with Gasteiger partial charge in [0.25, 0.3) is 0 Å². The molecule has 3 heteroatoms. The first-order valence-corrected chi connectivity index (χ1v) is 6.23.